The van der Waals surface area contributed by atoms with Crippen LogP contribution in [-0.2, 0) is 14.8 Å². The fraction of sp³-hybridized carbons (Fsp3) is 0.615. The first-order valence-corrected chi connectivity index (χ1v) is 9.88. The molecule has 1 aliphatic carbocycles. The van der Waals surface area contributed by atoms with Gasteiger partial charge >= 0.3 is 5.97 Å². The van der Waals surface area contributed by atoms with Crippen molar-refractivity contribution in [3.8, 4) is 0 Å². The van der Waals surface area contributed by atoms with Gasteiger partial charge in [0.15, 0.2) is 0 Å². The average molecular weight is 394 g/mol. The van der Waals surface area contributed by atoms with Gasteiger partial charge in [0.05, 0.1) is 3.79 Å². The van der Waals surface area contributed by atoms with Crippen molar-refractivity contribution < 1.29 is 18.3 Å². The third-order valence-electron chi connectivity index (χ3n) is 4.50. The van der Waals surface area contributed by atoms with Gasteiger partial charge in [0.25, 0.3) is 10.0 Å². The number of fused-ring (bicyclic) bond motifs is 1. The van der Waals surface area contributed by atoms with E-state index in [1.54, 1.807) is 6.07 Å². The predicted molar refractivity (Wildman–Crippen MR) is 82.9 cm³/mol. The Labute approximate surface area is 136 Å². The third kappa shape index (κ3) is 2.46. The van der Waals surface area contributed by atoms with Crippen molar-refractivity contribution in [1.82, 2.24) is 4.31 Å². The highest BCUT2D eigenvalue weighted by molar-refractivity contribution is 9.11. The molecule has 21 heavy (non-hydrogen) atoms. The molecule has 1 aromatic heterocycles. The molecule has 3 unspecified atom stereocenters. The Kier molecular flexibility index (Phi) is 3.92. The molecular weight excluding hydrogens is 378 g/mol. The zero-order valence-electron chi connectivity index (χ0n) is 11.5. The Balaban J connectivity index is 2.00. The summed E-state index contributed by atoms with van der Waals surface area (Å²) in [6.45, 7) is 2.16. The van der Waals surface area contributed by atoms with Gasteiger partial charge in [0, 0.05) is 6.54 Å². The van der Waals surface area contributed by atoms with E-state index in [1.165, 1.54) is 4.31 Å². The summed E-state index contributed by atoms with van der Waals surface area (Å²) < 4.78 is 27.8. The maximum Gasteiger partial charge on any atom is 0.322 e. The van der Waals surface area contributed by atoms with E-state index < -0.39 is 22.0 Å². The van der Waals surface area contributed by atoms with E-state index in [9.17, 15) is 18.3 Å². The molecule has 0 radical (unpaired) electrons. The van der Waals surface area contributed by atoms with Crippen LogP contribution in [0.2, 0.25) is 0 Å². The van der Waals surface area contributed by atoms with Gasteiger partial charge in [-0.25, -0.2) is 8.42 Å². The highest BCUT2D eigenvalue weighted by atomic mass is 79.9. The molecule has 1 saturated heterocycles. The first-order chi connectivity index (χ1) is 9.82. The lowest BCUT2D eigenvalue weighted by molar-refractivity contribution is -0.142. The highest BCUT2D eigenvalue weighted by Crippen LogP contribution is 2.45. The first-order valence-electron chi connectivity index (χ1n) is 6.83. The van der Waals surface area contributed by atoms with E-state index >= 15 is 0 Å². The normalized spacial score (nSPS) is 29.7. The summed E-state index contributed by atoms with van der Waals surface area (Å²) in [5.74, 6) is -0.882. The van der Waals surface area contributed by atoms with E-state index in [0.29, 0.717) is 6.54 Å². The lowest BCUT2D eigenvalue weighted by atomic mass is 9.94. The molecule has 0 aromatic carbocycles. The monoisotopic (exact) mass is 393 g/mol. The number of aryl methyl sites for hydroxylation is 1. The van der Waals surface area contributed by atoms with Crippen molar-refractivity contribution in [1.29, 1.82) is 0 Å². The zero-order valence-corrected chi connectivity index (χ0v) is 14.7. The first kappa shape index (κ1) is 15.5. The zero-order chi connectivity index (χ0) is 15.4. The second-order valence-electron chi connectivity index (χ2n) is 5.73. The van der Waals surface area contributed by atoms with E-state index in [-0.39, 0.29) is 16.0 Å². The molecule has 2 aliphatic rings. The third-order valence-corrected chi connectivity index (χ3v) is 8.93. The summed E-state index contributed by atoms with van der Waals surface area (Å²) in [6.07, 6.45) is 2.73. The van der Waals surface area contributed by atoms with Gasteiger partial charge in [-0.1, -0.05) is 6.42 Å². The summed E-state index contributed by atoms with van der Waals surface area (Å²) in [6, 6.07) is 0.695. The summed E-state index contributed by atoms with van der Waals surface area (Å²) in [5, 5.41) is 9.49. The van der Waals surface area contributed by atoms with Crippen LogP contribution in [0.3, 0.4) is 0 Å². The van der Waals surface area contributed by atoms with Crippen molar-refractivity contribution in [2.24, 2.45) is 11.8 Å². The molecule has 2 fully saturated rings. The summed E-state index contributed by atoms with van der Waals surface area (Å²) in [7, 11) is -3.74. The van der Waals surface area contributed by atoms with E-state index in [2.05, 4.69) is 15.9 Å². The number of aliphatic carboxylic acids is 1. The second-order valence-corrected chi connectivity index (χ2v) is 10.2. The number of carboxylic acids is 1. The molecule has 1 aliphatic heterocycles. The minimum atomic E-state index is -3.74. The van der Waals surface area contributed by atoms with Crippen LogP contribution in [0.15, 0.2) is 14.1 Å². The van der Waals surface area contributed by atoms with Gasteiger partial charge in [-0.05, 0) is 59.2 Å². The molecule has 5 nitrogen and oxygen atoms in total. The van der Waals surface area contributed by atoms with Gasteiger partial charge in [-0.2, -0.15) is 4.31 Å². The summed E-state index contributed by atoms with van der Waals surface area (Å²) in [5.41, 5.74) is 0.852. The van der Waals surface area contributed by atoms with Crippen LogP contribution >= 0.6 is 27.3 Å². The van der Waals surface area contributed by atoms with Gasteiger partial charge in [0.1, 0.15) is 10.3 Å². The molecule has 116 valence electrons. The van der Waals surface area contributed by atoms with E-state index in [1.807, 2.05) is 6.92 Å². The quantitative estimate of drug-likeness (QED) is 0.856. The predicted octanol–water partition coefficient (Wildman–Crippen LogP) is 2.69. The van der Waals surface area contributed by atoms with Gasteiger partial charge in [0.2, 0.25) is 0 Å². The van der Waals surface area contributed by atoms with Crippen LogP contribution in [0.25, 0.3) is 0 Å². The fourth-order valence-corrected chi connectivity index (χ4v) is 7.53. The van der Waals surface area contributed by atoms with Gasteiger partial charge in [-0.3, -0.25) is 4.79 Å². The number of rotatable bonds is 3. The van der Waals surface area contributed by atoms with Crippen molar-refractivity contribution in [3.05, 3.63) is 15.4 Å². The molecule has 8 heteroatoms. The van der Waals surface area contributed by atoms with Crippen molar-refractivity contribution >= 4 is 43.3 Å². The molecule has 0 amide bonds. The number of nitrogens with zero attached hydrogens (tertiary/aromatic N) is 1. The molecule has 2 heterocycles. The van der Waals surface area contributed by atoms with Crippen LogP contribution in [0.5, 0.6) is 0 Å². The molecule has 0 spiro atoms. The second kappa shape index (κ2) is 5.33. The summed E-state index contributed by atoms with van der Waals surface area (Å²) >= 11 is 4.47. The SMILES string of the molecule is Cc1cc(S(=O)(=O)N2CC3CCCC3C2C(=O)O)sc1Br. The van der Waals surface area contributed by atoms with E-state index in [0.717, 1.165) is 39.9 Å². The van der Waals surface area contributed by atoms with Crippen LogP contribution in [0.1, 0.15) is 24.8 Å². The van der Waals surface area contributed by atoms with Gasteiger partial charge < -0.3 is 5.11 Å². The lowest BCUT2D eigenvalue weighted by Crippen LogP contribution is -2.42. The molecule has 3 rings (SSSR count). The van der Waals surface area contributed by atoms with Crippen molar-refractivity contribution in [2.45, 2.75) is 36.4 Å². The van der Waals surface area contributed by atoms with Crippen LogP contribution in [0.4, 0.5) is 0 Å². The van der Waals surface area contributed by atoms with Crippen molar-refractivity contribution in [2.75, 3.05) is 6.54 Å². The topological polar surface area (TPSA) is 74.7 Å². The Bertz CT molecular complexity index is 665. The van der Waals surface area contributed by atoms with Crippen LogP contribution in [0, 0.1) is 18.8 Å². The Morgan fingerprint density at radius 1 is 1.48 bits per heavy atom. The van der Waals surface area contributed by atoms with Gasteiger partial charge in [-0.15, -0.1) is 11.3 Å². The molecule has 0 bridgehead atoms. The number of carbonyl (C=O) groups is 1. The molecule has 1 N–H and O–H groups in total. The molecule has 1 saturated carbocycles. The number of thiophene rings is 1. The minimum Gasteiger partial charge on any atom is -0.480 e. The fourth-order valence-electron chi connectivity index (χ4n) is 3.49. The Hall–Kier alpha value is -0.440. The number of carboxylic acid groups (broad SMARTS) is 1. The number of sulfonamides is 1. The van der Waals surface area contributed by atoms with Crippen LogP contribution in [-0.4, -0.2) is 36.4 Å². The largest absolute Gasteiger partial charge is 0.480 e. The number of hydrogen-bond acceptors (Lipinski definition) is 4. The lowest BCUT2D eigenvalue weighted by Gasteiger charge is -2.23. The number of halogens is 1. The Morgan fingerprint density at radius 3 is 2.76 bits per heavy atom. The highest BCUT2D eigenvalue weighted by Gasteiger charge is 2.52. The minimum absolute atomic E-state index is 0.0400. The molecule has 3 atom stereocenters. The maximum absolute atomic E-state index is 12.8. The smallest absolute Gasteiger partial charge is 0.322 e. The van der Waals surface area contributed by atoms with E-state index in [4.69, 9.17) is 0 Å². The average Bonchev–Trinajstić information content (AvgIpc) is 3.03. The molecule has 1 aromatic rings. The Morgan fingerprint density at radius 2 is 2.19 bits per heavy atom. The maximum atomic E-state index is 12.8. The number of hydrogen-bond donors (Lipinski definition) is 1. The van der Waals surface area contributed by atoms with Crippen molar-refractivity contribution in [3.63, 3.8) is 0 Å². The summed E-state index contributed by atoms with van der Waals surface area (Å²) in [4.78, 5) is 11.6. The standard InChI is InChI=1S/C13H16BrNO4S2/c1-7-5-10(20-12(7)14)21(18,19)15-6-8-3-2-4-9(8)11(15)13(16)17/h5,8-9,11H,2-4,6H2,1H3,(H,16,17). The van der Waals surface area contributed by atoms with Crippen LogP contribution < -0.4 is 0 Å². The molecular formula is C13H16BrNO4S2.